The van der Waals surface area contributed by atoms with Crippen molar-refractivity contribution in [1.29, 1.82) is 0 Å². The van der Waals surface area contributed by atoms with Crippen molar-refractivity contribution in [1.82, 2.24) is 0 Å². The summed E-state index contributed by atoms with van der Waals surface area (Å²) >= 11 is 0. The Morgan fingerprint density at radius 2 is 1.24 bits per heavy atom. The standard InChI is InChI=1S/C35H27BN2/c1-3-27(4-2)37-31-20-10-8-18-29(31)36-30-19-9-11-21-32(30)38(34-23-13-22-33(37)35(34)36)28-17-12-16-26(24-28)25-14-6-5-7-15-25/h3-24H,1H2,2H3/b27-4+. The maximum Gasteiger partial charge on any atom is 0.252 e. The molecule has 3 heteroatoms. The largest absolute Gasteiger partial charge is 0.312 e. The van der Waals surface area contributed by atoms with E-state index in [2.05, 4.69) is 151 Å². The minimum absolute atomic E-state index is 0.154. The molecule has 2 nitrogen and oxygen atoms in total. The van der Waals surface area contributed by atoms with Crippen LogP contribution < -0.4 is 26.2 Å². The van der Waals surface area contributed by atoms with Crippen LogP contribution in [0.3, 0.4) is 0 Å². The Hall–Kier alpha value is -4.76. The van der Waals surface area contributed by atoms with Crippen molar-refractivity contribution in [3.05, 3.63) is 146 Å². The summed E-state index contributed by atoms with van der Waals surface area (Å²) < 4.78 is 0. The Morgan fingerprint density at radius 1 is 0.632 bits per heavy atom. The van der Waals surface area contributed by atoms with Gasteiger partial charge >= 0.3 is 0 Å². The maximum absolute atomic E-state index is 4.15. The van der Waals surface area contributed by atoms with E-state index < -0.39 is 0 Å². The number of hydrogen-bond donors (Lipinski definition) is 0. The Kier molecular flexibility index (Phi) is 5.30. The van der Waals surface area contributed by atoms with E-state index in [1.807, 2.05) is 6.08 Å². The summed E-state index contributed by atoms with van der Waals surface area (Å²) in [6, 6.07) is 43.9. The molecule has 180 valence electrons. The first-order chi connectivity index (χ1) is 18.8. The summed E-state index contributed by atoms with van der Waals surface area (Å²) in [7, 11) is 0. The zero-order valence-corrected chi connectivity index (χ0v) is 21.4. The molecule has 5 aromatic rings. The minimum Gasteiger partial charge on any atom is -0.312 e. The lowest BCUT2D eigenvalue weighted by Crippen LogP contribution is -2.61. The van der Waals surface area contributed by atoms with Crippen LogP contribution in [0, 0.1) is 0 Å². The molecule has 0 amide bonds. The van der Waals surface area contributed by atoms with Crippen LogP contribution in [0.4, 0.5) is 28.4 Å². The molecule has 5 aromatic carbocycles. The van der Waals surface area contributed by atoms with E-state index >= 15 is 0 Å². The van der Waals surface area contributed by atoms with E-state index in [1.54, 1.807) is 0 Å². The van der Waals surface area contributed by atoms with Gasteiger partial charge in [0.15, 0.2) is 0 Å². The lowest BCUT2D eigenvalue weighted by Gasteiger charge is -2.44. The van der Waals surface area contributed by atoms with Crippen LogP contribution in [0.2, 0.25) is 0 Å². The molecule has 0 unspecified atom stereocenters. The number of para-hydroxylation sites is 2. The molecule has 2 aliphatic rings. The quantitative estimate of drug-likeness (QED) is 0.192. The lowest BCUT2D eigenvalue weighted by molar-refractivity contribution is 1.20. The molecule has 0 atom stereocenters. The zero-order valence-electron chi connectivity index (χ0n) is 21.4. The lowest BCUT2D eigenvalue weighted by atomic mass is 9.33. The monoisotopic (exact) mass is 486 g/mol. The van der Waals surface area contributed by atoms with Gasteiger partial charge in [0.2, 0.25) is 0 Å². The number of allylic oxidation sites excluding steroid dienone is 2. The second-order valence-electron chi connectivity index (χ2n) is 9.77. The third-order valence-corrected chi connectivity index (χ3v) is 7.78. The van der Waals surface area contributed by atoms with Gasteiger partial charge in [-0.05, 0) is 76.9 Å². The fraction of sp³-hybridized carbons (Fsp3) is 0.0286. The van der Waals surface area contributed by atoms with Crippen molar-refractivity contribution in [2.45, 2.75) is 6.92 Å². The molecule has 0 aliphatic carbocycles. The molecule has 7 rings (SSSR count). The molecule has 0 radical (unpaired) electrons. The average molecular weight is 486 g/mol. The van der Waals surface area contributed by atoms with Gasteiger partial charge in [-0.1, -0.05) is 97.6 Å². The van der Waals surface area contributed by atoms with Crippen LogP contribution in [0.1, 0.15) is 6.92 Å². The number of anilines is 5. The van der Waals surface area contributed by atoms with Crippen molar-refractivity contribution in [2.24, 2.45) is 0 Å². The summed E-state index contributed by atoms with van der Waals surface area (Å²) in [6.07, 6.45) is 4.09. The number of rotatable bonds is 4. The van der Waals surface area contributed by atoms with Gasteiger partial charge in [0.1, 0.15) is 0 Å². The third-order valence-electron chi connectivity index (χ3n) is 7.78. The van der Waals surface area contributed by atoms with E-state index in [9.17, 15) is 0 Å². The molecule has 0 fully saturated rings. The van der Waals surface area contributed by atoms with Gasteiger partial charge in [-0.25, -0.2) is 0 Å². The normalized spacial score (nSPS) is 13.5. The van der Waals surface area contributed by atoms with Gasteiger partial charge in [-0.15, -0.1) is 0 Å². The number of fused-ring (bicyclic) bond motifs is 4. The number of benzene rings is 5. The van der Waals surface area contributed by atoms with E-state index in [0.717, 1.165) is 11.4 Å². The number of nitrogens with zero attached hydrogens (tertiary/aromatic N) is 2. The first-order valence-electron chi connectivity index (χ1n) is 13.2. The first-order valence-corrected chi connectivity index (χ1v) is 13.2. The second kappa shape index (κ2) is 8.97. The highest BCUT2D eigenvalue weighted by Gasteiger charge is 2.42. The van der Waals surface area contributed by atoms with Crippen molar-refractivity contribution in [3.63, 3.8) is 0 Å². The van der Waals surface area contributed by atoms with E-state index in [1.165, 1.54) is 50.3 Å². The molecule has 0 spiro atoms. The Labute approximate surface area is 224 Å². The smallest absolute Gasteiger partial charge is 0.252 e. The third kappa shape index (κ3) is 3.29. The van der Waals surface area contributed by atoms with Gasteiger partial charge in [-0.2, -0.15) is 0 Å². The molecule has 2 aliphatic heterocycles. The van der Waals surface area contributed by atoms with Crippen molar-refractivity contribution < 1.29 is 0 Å². The zero-order chi connectivity index (χ0) is 25.6. The molecule has 0 bridgehead atoms. The summed E-state index contributed by atoms with van der Waals surface area (Å²) in [5.41, 5.74) is 13.5. The number of hydrogen-bond acceptors (Lipinski definition) is 2. The van der Waals surface area contributed by atoms with Crippen molar-refractivity contribution in [2.75, 3.05) is 9.80 Å². The van der Waals surface area contributed by atoms with E-state index in [4.69, 9.17) is 0 Å². The van der Waals surface area contributed by atoms with Crippen LogP contribution in [-0.2, 0) is 0 Å². The summed E-state index contributed by atoms with van der Waals surface area (Å²) in [6.45, 7) is 6.38. The molecule has 0 N–H and O–H groups in total. The summed E-state index contributed by atoms with van der Waals surface area (Å²) in [4.78, 5) is 4.80. The maximum atomic E-state index is 4.15. The van der Waals surface area contributed by atoms with E-state index in [-0.39, 0.29) is 6.71 Å². The van der Waals surface area contributed by atoms with Crippen LogP contribution in [0.15, 0.2) is 146 Å². The highest BCUT2D eigenvalue weighted by atomic mass is 15.2. The van der Waals surface area contributed by atoms with Crippen LogP contribution >= 0.6 is 0 Å². The molecular weight excluding hydrogens is 459 g/mol. The Bertz CT molecular complexity index is 1720. The SMILES string of the molecule is C=C/C(=C\C)N1c2ccccc2B2c3ccccc3N(c3cccc(-c4ccccc4)c3)c3cccc1c32. The van der Waals surface area contributed by atoms with Crippen LogP contribution in [0.5, 0.6) is 0 Å². The molecule has 2 heterocycles. The van der Waals surface area contributed by atoms with Gasteiger partial charge in [0.05, 0.1) is 0 Å². The topological polar surface area (TPSA) is 6.48 Å². The highest BCUT2D eigenvalue weighted by molar-refractivity contribution is 7.00. The van der Waals surface area contributed by atoms with Gasteiger partial charge in [0, 0.05) is 34.1 Å². The second-order valence-corrected chi connectivity index (χ2v) is 9.77. The predicted molar refractivity (Wildman–Crippen MR) is 164 cm³/mol. The molecular formula is C35H27BN2. The molecule has 38 heavy (non-hydrogen) atoms. The molecule has 0 saturated heterocycles. The van der Waals surface area contributed by atoms with E-state index in [0.29, 0.717) is 0 Å². The average Bonchev–Trinajstić information content (AvgIpc) is 2.99. The fourth-order valence-corrected chi connectivity index (χ4v) is 6.19. The van der Waals surface area contributed by atoms with Crippen molar-refractivity contribution in [3.8, 4) is 11.1 Å². The first kappa shape index (κ1) is 22.4. The Balaban J connectivity index is 1.51. The fourth-order valence-electron chi connectivity index (χ4n) is 6.19. The van der Waals surface area contributed by atoms with Gasteiger partial charge < -0.3 is 9.80 Å². The van der Waals surface area contributed by atoms with Gasteiger partial charge in [-0.3, -0.25) is 0 Å². The highest BCUT2D eigenvalue weighted by Crippen LogP contribution is 2.42. The van der Waals surface area contributed by atoms with Crippen molar-refractivity contribution >= 4 is 51.5 Å². The predicted octanol–water partition coefficient (Wildman–Crippen LogP) is 7.19. The van der Waals surface area contributed by atoms with Crippen LogP contribution in [-0.4, -0.2) is 6.71 Å². The molecule has 0 aromatic heterocycles. The molecule has 0 saturated carbocycles. The summed E-state index contributed by atoms with van der Waals surface area (Å²) in [5, 5.41) is 0. The van der Waals surface area contributed by atoms with Gasteiger partial charge in [0.25, 0.3) is 6.71 Å². The Morgan fingerprint density at radius 3 is 2.00 bits per heavy atom. The summed E-state index contributed by atoms with van der Waals surface area (Å²) in [5.74, 6) is 0. The minimum atomic E-state index is 0.154. The van der Waals surface area contributed by atoms with Crippen LogP contribution in [0.25, 0.3) is 11.1 Å².